The van der Waals surface area contributed by atoms with Gasteiger partial charge in [0.1, 0.15) is 0 Å². The minimum atomic E-state index is -0.449. The third kappa shape index (κ3) is 4.40. The molecule has 0 saturated heterocycles. The van der Waals surface area contributed by atoms with Crippen molar-refractivity contribution >= 4 is 27.8 Å². The van der Waals surface area contributed by atoms with E-state index in [9.17, 15) is 0 Å². The first kappa shape index (κ1) is 28.1. The summed E-state index contributed by atoms with van der Waals surface area (Å²) in [7, 11) is 0. The lowest BCUT2D eigenvalue weighted by Crippen LogP contribution is -2.28. The zero-order chi connectivity index (χ0) is 31.9. The van der Waals surface area contributed by atoms with Gasteiger partial charge in [0.2, 0.25) is 0 Å². The van der Waals surface area contributed by atoms with Crippen LogP contribution < -0.4 is 4.90 Å². The summed E-state index contributed by atoms with van der Waals surface area (Å²) in [6, 6.07) is 72.9. The lowest BCUT2D eigenvalue weighted by atomic mass is 9.67. The summed E-state index contributed by atoms with van der Waals surface area (Å²) in [4.78, 5) is 2.35. The number of nitrogens with zero attached hydrogens (tertiary/aromatic N) is 1. The Morgan fingerprint density at radius 2 is 0.833 bits per heavy atom. The van der Waals surface area contributed by atoms with Crippen LogP contribution in [-0.2, 0) is 5.41 Å². The third-order valence-corrected chi connectivity index (χ3v) is 9.92. The molecule has 0 fully saturated rings. The molecule has 0 aliphatic heterocycles. The van der Waals surface area contributed by atoms with Crippen LogP contribution in [0.1, 0.15) is 22.3 Å². The molecule has 1 aliphatic rings. The van der Waals surface area contributed by atoms with E-state index in [0.29, 0.717) is 0 Å². The molecule has 0 spiro atoms. The van der Waals surface area contributed by atoms with Crippen molar-refractivity contribution in [3.63, 3.8) is 0 Å². The monoisotopic (exact) mass is 611 g/mol. The average molecular weight is 612 g/mol. The van der Waals surface area contributed by atoms with Crippen molar-refractivity contribution in [1.82, 2.24) is 0 Å². The first-order valence-corrected chi connectivity index (χ1v) is 16.6. The Balaban J connectivity index is 1.25. The molecule has 8 aromatic rings. The molecule has 1 heteroatoms. The van der Waals surface area contributed by atoms with Gasteiger partial charge in [-0.05, 0) is 92.2 Å². The van der Waals surface area contributed by atoms with Crippen molar-refractivity contribution < 1.29 is 0 Å². The van der Waals surface area contributed by atoms with Crippen molar-refractivity contribution in [3.05, 3.63) is 222 Å². The molecule has 1 nitrogen and oxygen atoms in total. The SMILES string of the molecule is c1ccc(N(c2ccccc2)c2ccccc2-c2ccc(C3(c4ccccc4)c4ccccc4-c4cc5ccccc5cc43)cc2)cc1. The Hall–Kier alpha value is -6.18. The lowest BCUT2D eigenvalue weighted by Gasteiger charge is -2.34. The molecule has 0 aromatic heterocycles. The highest BCUT2D eigenvalue weighted by atomic mass is 15.1. The van der Waals surface area contributed by atoms with E-state index in [4.69, 9.17) is 0 Å². The largest absolute Gasteiger partial charge is 0.310 e. The maximum atomic E-state index is 2.43. The van der Waals surface area contributed by atoms with E-state index in [1.165, 1.54) is 55.3 Å². The molecular formula is C47H33N. The van der Waals surface area contributed by atoms with E-state index in [0.717, 1.165) is 17.1 Å². The molecule has 0 saturated carbocycles. The minimum absolute atomic E-state index is 0.449. The normalized spacial score (nSPS) is 14.8. The highest BCUT2D eigenvalue weighted by Crippen LogP contribution is 2.57. The molecule has 226 valence electrons. The number of fused-ring (bicyclic) bond motifs is 4. The molecule has 0 N–H and O–H groups in total. The molecule has 1 aliphatic carbocycles. The maximum absolute atomic E-state index is 2.43. The Morgan fingerprint density at radius 3 is 1.50 bits per heavy atom. The molecule has 48 heavy (non-hydrogen) atoms. The molecule has 1 atom stereocenters. The zero-order valence-electron chi connectivity index (χ0n) is 26.5. The molecule has 9 rings (SSSR count). The van der Waals surface area contributed by atoms with Crippen LogP contribution in [-0.4, -0.2) is 0 Å². The number of benzene rings is 8. The minimum Gasteiger partial charge on any atom is -0.310 e. The second kappa shape index (κ2) is 11.6. The number of rotatable bonds is 6. The van der Waals surface area contributed by atoms with Gasteiger partial charge in [-0.2, -0.15) is 0 Å². The van der Waals surface area contributed by atoms with Gasteiger partial charge < -0.3 is 4.90 Å². The van der Waals surface area contributed by atoms with Crippen LogP contribution in [0.25, 0.3) is 33.0 Å². The second-order valence-electron chi connectivity index (χ2n) is 12.5. The van der Waals surface area contributed by atoms with Gasteiger partial charge in [0, 0.05) is 16.9 Å². The quantitative estimate of drug-likeness (QED) is 0.181. The van der Waals surface area contributed by atoms with Gasteiger partial charge in [-0.1, -0.05) is 158 Å². The molecular weight excluding hydrogens is 579 g/mol. The summed E-state index contributed by atoms with van der Waals surface area (Å²) in [5, 5.41) is 2.53. The van der Waals surface area contributed by atoms with Crippen molar-refractivity contribution in [1.29, 1.82) is 0 Å². The zero-order valence-corrected chi connectivity index (χ0v) is 26.5. The molecule has 0 amide bonds. The molecule has 1 unspecified atom stereocenters. The lowest BCUT2D eigenvalue weighted by molar-refractivity contribution is 0.769. The standard InChI is InChI=1S/C47H33N/c1-4-18-37(19-5-1)47(44-26-14-12-25-42(44)43-32-35-16-10-11-17-36(35)33-45(43)47)38-30-28-34(29-31-38)41-24-13-15-27-46(41)48(39-20-6-2-7-21-39)40-22-8-3-9-23-40/h1-33H. The van der Waals surface area contributed by atoms with E-state index in [1.54, 1.807) is 0 Å². The Morgan fingerprint density at radius 1 is 0.333 bits per heavy atom. The van der Waals surface area contributed by atoms with Gasteiger partial charge in [-0.25, -0.2) is 0 Å². The number of anilines is 3. The van der Waals surface area contributed by atoms with Crippen LogP contribution in [0.15, 0.2) is 200 Å². The third-order valence-electron chi connectivity index (χ3n) is 9.92. The highest BCUT2D eigenvalue weighted by molar-refractivity contribution is 5.96. The van der Waals surface area contributed by atoms with Crippen LogP contribution >= 0.6 is 0 Å². The highest BCUT2D eigenvalue weighted by Gasteiger charge is 2.46. The van der Waals surface area contributed by atoms with Crippen molar-refractivity contribution in [3.8, 4) is 22.3 Å². The Labute approximate surface area is 282 Å². The fourth-order valence-electron chi connectivity index (χ4n) is 7.83. The van der Waals surface area contributed by atoms with Crippen molar-refractivity contribution in [2.24, 2.45) is 0 Å². The smallest absolute Gasteiger partial charge is 0.0713 e. The van der Waals surface area contributed by atoms with Gasteiger partial charge in [-0.15, -0.1) is 0 Å². The van der Waals surface area contributed by atoms with E-state index in [-0.39, 0.29) is 0 Å². The maximum Gasteiger partial charge on any atom is 0.0713 e. The molecule has 0 radical (unpaired) electrons. The Bertz CT molecular complexity index is 2340. The summed E-state index contributed by atoms with van der Waals surface area (Å²) < 4.78 is 0. The predicted molar refractivity (Wildman–Crippen MR) is 201 cm³/mol. The summed E-state index contributed by atoms with van der Waals surface area (Å²) in [5.41, 5.74) is 13.1. The first-order valence-electron chi connectivity index (χ1n) is 16.6. The fourth-order valence-corrected chi connectivity index (χ4v) is 7.83. The van der Waals surface area contributed by atoms with E-state index < -0.39 is 5.41 Å². The van der Waals surface area contributed by atoms with E-state index >= 15 is 0 Å². The summed E-state index contributed by atoms with van der Waals surface area (Å²) >= 11 is 0. The van der Waals surface area contributed by atoms with Gasteiger partial charge in [0.05, 0.1) is 11.1 Å². The second-order valence-corrected chi connectivity index (χ2v) is 12.5. The van der Waals surface area contributed by atoms with E-state index in [1.807, 2.05) is 0 Å². The predicted octanol–water partition coefficient (Wildman–Crippen LogP) is 12.3. The van der Waals surface area contributed by atoms with Crippen LogP contribution in [0, 0.1) is 0 Å². The first-order chi connectivity index (χ1) is 23.8. The average Bonchev–Trinajstić information content (AvgIpc) is 3.45. The van der Waals surface area contributed by atoms with Crippen LogP contribution in [0.2, 0.25) is 0 Å². The van der Waals surface area contributed by atoms with Crippen LogP contribution in [0.4, 0.5) is 17.1 Å². The van der Waals surface area contributed by atoms with E-state index in [2.05, 4.69) is 205 Å². The van der Waals surface area contributed by atoms with Gasteiger partial charge in [0.25, 0.3) is 0 Å². The Kier molecular flexibility index (Phi) is 6.76. The topological polar surface area (TPSA) is 3.24 Å². The summed E-state index contributed by atoms with van der Waals surface area (Å²) in [6.45, 7) is 0. The fraction of sp³-hybridized carbons (Fsp3) is 0.0213. The number of hydrogen-bond donors (Lipinski definition) is 0. The molecule has 0 bridgehead atoms. The molecule has 0 heterocycles. The van der Waals surface area contributed by atoms with Gasteiger partial charge in [0.15, 0.2) is 0 Å². The van der Waals surface area contributed by atoms with Gasteiger partial charge >= 0.3 is 0 Å². The summed E-state index contributed by atoms with van der Waals surface area (Å²) in [5.74, 6) is 0. The van der Waals surface area contributed by atoms with Crippen molar-refractivity contribution in [2.45, 2.75) is 5.41 Å². The molecule has 8 aromatic carbocycles. The van der Waals surface area contributed by atoms with Crippen LogP contribution in [0.5, 0.6) is 0 Å². The van der Waals surface area contributed by atoms with Crippen molar-refractivity contribution in [2.75, 3.05) is 4.90 Å². The number of hydrogen-bond acceptors (Lipinski definition) is 1. The number of para-hydroxylation sites is 3. The summed E-state index contributed by atoms with van der Waals surface area (Å²) in [6.07, 6.45) is 0. The van der Waals surface area contributed by atoms with Gasteiger partial charge in [-0.3, -0.25) is 0 Å². The van der Waals surface area contributed by atoms with Crippen LogP contribution in [0.3, 0.4) is 0 Å².